The summed E-state index contributed by atoms with van der Waals surface area (Å²) >= 11 is 5.66. The Morgan fingerprint density at radius 3 is 1.88 bits per heavy atom. The number of halogens is 4. The molecule has 0 aromatic heterocycles. The number of ether oxygens (including phenoxy) is 1. The van der Waals surface area contributed by atoms with Crippen molar-refractivity contribution in [3.8, 4) is 16.9 Å². The van der Waals surface area contributed by atoms with Gasteiger partial charge in [-0.1, -0.05) is 54.1 Å². The van der Waals surface area contributed by atoms with E-state index in [9.17, 15) is 13.2 Å². The van der Waals surface area contributed by atoms with Gasteiger partial charge in [-0.3, -0.25) is 0 Å². The predicted octanol–water partition coefficient (Wildman–Crippen LogP) is 7.28. The lowest BCUT2D eigenvalue weighted by atomic mass is 9.78. The van der Waals surface area contributed by atoms with Gasteiger partial charge in [0.05, 0.1) is 0 Å². The van der Waals surface area contributed by atoms with Crippen LogP contribution in [0.1, 0.15) is 37.2 Å². The maximum atomic E-state index is 12.2. The van der Waals surface area contributed by atoms with Crippen molar-refractivity contribution in [2.24, 2.45) is 5.92 Å². The van der Waals surface area contributed by atoms with E-state index in [2.05, 4.69) is 22.9 Å². The summed E-state index contributed by atoms with van der Waals surface area (Å²) in [5.41, 5.74) is 4.78. The SMILES string of the molecule is FC(F)(F)Oc1ccc(-c2ccc(C3CCC(/C=C/Cl)CC3)cc2)cc1. The Balaban J connectivity index is 1.64. The minimum Gasteiger partial charge on any atom is -0.406 e. The number of benzene rings is 2. The van der Waals surface area contributed by atoms with Crippen molar-refractivity contribution < 1.29 is 17.9 Å². The summed E-state index contributed by atoms with van der Waals surface area (Å²) in [6.07, 6.45) is 2.00. The molecule has 138 valence electrons. The molecule has 0 N–H and O–H groups in total. The molecule has 1 aliphatic rings. The summed E-state index contributed by atoms with van der Waals surface area (Å²) in [7, 11) is 0. The van der Waals surface area contributed by atoms with Gasteiger partial charge in [0, 0.05) is 5.54 Å². The molecule has 5 heteroatoms. The Hall–Kier alpha value is -1.94. The van der Waals surface area contributed by atoms with Crippen LogP contribution in [0.5, 0.6) is 5.75 Å². The molecule has 0 amide bonds. The number of rotatable bonds is 4. The van der Waals surface area contributed by atoms with Crippen LogP contribution in [0.2, 0.25) is 0 Å². The van der Waals surface area contributed by atoms with E-state index in [1.165, 1.54) is 17.7 Å². The number of allylic oxidation sites excluding steroid dienone is 1. The van der Waals surface area contributed by atoms with Gasteiger partial charge in [-0.15, -0.1) is 13.2 Å². The monoisotopic (exact) mass is 380 g/mol. The number of hydrogen-bond donors (Lipinski definition) is 0. The highest BCUT2D eigenvalue weighted by Gasteiger charge is 2.31. The second-order valence-corrected chi connectivity index (χ2v) is 6.88. The first-order valence-electron chi connectivity index (χ1n) is 8.67. The van der Waals surface area contributed by atoms with Crippen LogP contribution in [0.15, 0.2) is 60.1 Å². The lowest BCUT2D eigenvalue weighted by Gasteiger charge is -2.27. The minimum absolute atomic E-state index is 0.208. The summed E-state index contributed by atoms with van der Waals surface area (Å²) in [5, 5.41) is 0. The Morgan fingerprint density at radius 1 is 0.846 bits per heavy atom. The Labute approximate surface area is 156 Å². The average Bonchev–Trinajstić information content (AvgIpc) is 2.62. The maximum absolute atomic E-state index is 12.2. The van der Waals surface area contributed by atoms with E-state index in [-0.39, 0.29) is 5.75 Å². The number of hydrogen-bond acceptors (Lipinski definition) is 1. The van der Waals surface area contributed by atoms with Crippen LogP contribution in [-0.2, 0) is 0 Å². The summed E-state index contributed by atoms with van der Waals surface area (Å²) in [6.45, 7) is 0. The molecule has 0 bridgehead atoms. The molecule has 0 spiro atoms. The molecular formula is C21H20ClF3O. The largest absolute Gasteiger partial charge is 0.573 e. The zero-order chi connectivity index (χ0) is 18.6. The van der Waals surface area contributed by atoms with E-state index < -0.39 is 6.36 Å². The van der Waals surface area contributed by atoms with Gasteiger partial charge in [-0.2, -0.15) is 0 Å². The van der Waals surface area contributed by atoms with Crippen molar-refractivity contribution in [2.45, 2.75) is 38.0 Å². The molecule has 2 aromatic carbocycles. The Morgan fingerprint density at radius 2 is 1.38 bits per heavy atom. The second kappa shape index (κ2) is 8.17. The molecule has 1 nitrogen and oxygen atoms in total. The normalized spacial score (nSPS) is 21.1. The van der Waals surface area contributed by atoms with E-state index in [1.807, 2.05) is 12.1 Å². The van der Waals surface area contributed by atoms with Crippen LogP contribution in [-0.4, -0.2) is 6.36 Å². The molecule has 0 heterocycles. The molecule has 26 heavy (non-hydrogen) atoms. The minimum atomic E-state index is -4.66. The predicted molar refractivity (Wildman–Crippen MR) is 98.3 cm³/mol. The van der Waals surface area contributed by atoms with Crippen molar-refractivity contribution >= 4 is 11.6 Å². The van der Waals surface area contributed by atoms with Gasteiger partial charge in [0.15, 0.2) is 0 Å². The van der Waals surface area contributed by atoms with E-state index in [0.29, 0.717) is 11.8 Å². The maximum Gasteiger partial charge on any atom is 0.573 e. The van der Waals surface area contributed by atoms with E-state index in [0.717, 1.165) is 36.8 Å². The summed E-state index contributed by atoms with van der Waals surface area (Å²) in [5.74, 6) is 0.938. The fourth-order valence-electron chi connectivity index (χ4n) is 3.54. The van der Waals surface area contributed by atoms with Crippen molar-refractivity contribution in [3.05, 3.63) is 65.7 Å². The fraction of sp³-hybridized carbons (Fsp3) is 0.333. The third-order valence-corrected chi connectivity index (χ3v) is 5.07. The van der Waals surface area contributed by atoms with Crippen molar-refractivity contribution in [1.82, 2.24) is 0 Å². The molecule has 3 rings (SSSR count). The van der Waals surface area contributed by atoms with Gasteiger partial charge in [0.1, 0.15) is 5.75 Å². The molecule has 0 aliphatic heterocycles. The first kappa shape index (κ1) is 18.8. The lowest BCUT2D eigenvalue weighted by molar-refractivity contribution is -0.274. The van der Waals surface area contributed by atoms with Crippen LogP contribution >= 0.6 is 11.6 Å². The smallest absolute Gasteiger partial charge is 0.406 e. The van der Waals surface area contributed by atoms with Gasteiger partial charge in [-0.05, 0) is 66.3 Å². The van der Waals surface area contributed by atoms with Gasteiger partial charge in [0.2, 0.25) is 0 Å². The van der Waals surface area contributed by atoms with Gasteiger partial charge < -0.3 is 4.74 Å². The molecule has 1 fully saturated rings. The topological polar surface area (TPSA) is 9.23 Å². The van der Waals surface area contributed by atoms with E-state index >= 15 is 0 Å². The average molecular weight is 381 g/mol. The molecular weight excluding hydrogens is 361 g/mol. The van der Waals surface area contributed by atoms with Gasteiger partial charge in [0.25, 0.3) is 0 Å². The van der Waals surface area contributed by atoms with Gasteiger partial charge in [-0.25, -0.2) is 0 Å². The highest BCUT2D eigenvalue weighted by Crippen LogP contribution is 2.37. The highest BCUT2D eigenvalue weighted by atomic mass is 35.5. The first-order valence-corrected chi connectivity index (χ1v) is 9.11. The van der Waals surface area contributed by atoms with Crippen molar-refractivity contribution in [2.75, 3.05) is 0 Å². The quantitative estimate of drug-likeness (QED) is 0.541. The summed E-state index contributed by atoms with van der Waals surface area (Å²) in [6, 6.07) is 14.2. The third kappa shape index (κ3) is 5.04. The standard InChI is InChI=1S/C21H20ClF3O/c22-14-13-15-1-3-16(4-2-15)17-5-7-18(8-6-17)19-9-11-20(12-10-19)26-21(23,24)25/h5-16H,1-4H2/b14-13+. The molecule has 0 unspecified atom stereocenters. The first-order chi connectivity index (χ1) is 12.4. The lowest BCUT2D eigenvalue weighted by Crippen LogP contribution is -2.16. The molecule has 0 atom stereocenters. The Bertz CT molecular complexity index is 727. The summed E-state index contributed by atoms with van der Waals surface area (Å²) in [4.78, 5) is 0. The van der Waals surface area contributed by atoms with Crippen molar-refractivity contribution in [1.29, 1.82) is 0 Å². The molecule has 2 aromatic rings. The van der Waals surface area contributed by atoms with Crippen LogP contribution in [0.4, 0.5) is 13.2 Å². The zero-order valence-corrected chi connectivity index (χ0v) is 14.9. The number of alkyl halides is 3. The summed E-state index contributed by atoms with van der Waals surface area (Å²) < 4.78 is 40.6. The van der Waals surface area contributed by atoms with Crippen LogP contribution in [0.25, 0.3) is 11.1 Å². The molecule has 0 saturated heterocycles. The van der Waals surface area contributed by atoms with E-state index in [1.54, 1.807) is 17.7 Å². The molecule has 1 aliphatic carbocycles. The van der Waals surface area contributed by atoms with Crippen LogP contribution in [0, 0.1) is 5.92 Å². The second-order valence-electron chi connectivity index (χ2n) is 6.62. The Kier molecular flexibility index (Phi) is 5.92. The van der Waals surface area contributed by atoms with Crippen LogP contribution < -0.4 is 4.74 Å². The fourth-order valence-corrected chi connectivity index (χ4v) is 3.75. The molecule has 0 radical (unpaired) electrons. The zero-order valence-electron chi connectivity index (χ0n) is 14.2. The van der Waals surface area contributed by atoms with Crippen LogP contribution in [0.3, 0.4) is 0 Å². The third-order valence-electron chi connectivity index (χ3n) is 4.92. The van der Waals surface area contributed by atoms with Gasteiger partial charge >= 0.3 is 6.36 Å². The van der Waals surface area contributed by atoms with Crippen molar-refractivity contribution in [3.63, 3.8) is 0 Å². The van der Waals surface area contributed by atoms with E-state index in [4.69, 9.17) is 11.6 Å². The molecule has 1 saturated carbocycles. The highest BCUT2D eigenvalue weighted by molar-refractivity contribution is 6.25.